The predicted octanol–water partition coefficient (Wildman–Crippen LogP) is 6.94. The van der Waals surface area contributed by atoms with Gasteiger partial charge in [0.1, 0.15) is 11.3 Å². The zero-order valence-electron chi connectivity index (χ0n) is 23.5. The molecule has 2 aliphatic carbocycles. The van der Waals surface area contributed by atoms with E-state index in [0.29, 0.717) is 17.6 Å². The van der Waals surface area contributed by atoms with Crippen LogP contribution < -0.4 is 0 Å². The van der Waals surface area contributed by atoms with E-state index < -0.39 is 39.9 Å². The second kappa shape index (κ2) is 11.2. The maximum Gasteiger partial charge on any atom is 0.184 e. The van der Waals surface area contributed by atoms with E-state index in [0.717, 1.165) is 12.0 Å². The molecule has 38 heavy (non-hydrogen) atoms. The van der Waals surface area contributed by atoms with E-state index in [9.17, 15) is 24.3 Å². The molecule has 2 fully saturated rings. The van der Waals surface area contributed by atoms with Crippen LogP contribution >= 0.6 is 0 Å². The van der Waals surface area contributed by atoms with E-state index in [4.69, 9.17) is 0 Å². The number of hydrogen-bond donors (Lipinski definition) is 1. The summed E-state index contributed by atoms with van der Waals surface area (Å²) in [7, 11) is 0. The molecule has 0 heterocycles. The lowest BCUT2D eigenvalue weighted by atomic mass is 9.46. The molecule has 1 N–H and O–H groups in total. The fourth-order valence-corrected chi connectivity index (χ4v) is 5.79. The Morgan fingerprint density at radius 1 is 1.03 bits per heavy atom. The molecule has 202 valence electrons. The van der Waals surface area contributed by atoms with Crippen molar-refractivity contribution in [3.63, 3.8) is 0 Å². The molecule has 2 saturated carbocycles. The molecular formula is C33H40O5. The number of fused-ring (bicyclic) bond motifs is 2. The van der Waals surface area contributed by atoms with Gasteiger partial charge in [-0.2, -0.15) is 0 Å². The number of allylic oxidation sites excluding steroid dienone is 6. The summed E-state index contributed by atoms with van der Waals surface area (Å²) >= 11 is 0. The van der Waals surface area contributed by atoms with E-state index in [1.807, 2.05) is 47.6 Å². The van der Waals surface area contributed by atoms with Gasteiger partial charge >= 0.3 is 0 Å². The molecular weight excluding hydrogens is 476 g/mol. The molecule has 3 atom stereocenters. The molecule has 2 aliphatic rings. The molecule has 1 aromatic rings. The van der Waals surface area contributed by atoms with Crippen molar-refractivity contribution >= 4 is 28.9 Å². The minimum Gasteiger partial charge on any atom is -0.506 e. The van der Waals surface area contributed by atoms with Crippen LogP contribution in [0, 0.1) is 22.7 Å². The van der Waals surface area contributed by atoms with Crippen LogP contribution in [0.5, 0.6) is 0 Å². The summed E-state index contributed by atoms with van der Waals surface area (Å²) in [4.78, 5) is 55.1. The average molecular weight is 517 g/mol. The van der Waals surface area contributed by atoms with Gasteiger partial charge in [0.2, 0.25) is 0 Å². The number of Topliss-reactive ketones (excluding diaryl/α,β-unsaturated/α-hetero) is 4. The van der Waals surface area contributed by atoms with Crippen LogP contribution in [0.4, 0.5) is 0 Å². The summed E-state index contributed by atoms with van der Waals surface area (Å²) in [5, 5.41) is 11.1. The highest BCUT2D eigenvalue weighted by Crippen LogP contribution is 2.58. The SMILES string of the molecule is C=C(CCC=C(C)C)C(=O)C[C@H]1C[C@]2(CC=C(C)C)C(=O)/C(=C(/O)c3ccccc3)C(=O)[C@@H](C2=O)C1(C)C. The minimum atomic E-state index is -1.50. The van der Waals surface area contributed by atoms with E-state index >= 15 is 0 Å². The molecule has 5 nitrogen and oxygen atoms in total. The lowest BCUT2D eigenvalue weighted by Gasteiger charge is -2.53. The third-order valence-corrected chi connectivity index (χ3v) is 8.26. The van der Waals surface area contributed by atoms with Gasteiger partial charge in [-0.25, -0.2) is 0 Å². The summed E-state index contributed by atoms with van der Waals surface area (Å²) < 4.78 is 0. The van der Waals surface area contributed by atoms with E-state index in [1.54, 1.807) is 30.3 Å². The van der Waals surface area contributed by atoms with Crippen LogP contribution in [-0.4, -0.2) is 28.2 Å². The fourth-order valence-electron chi connectivity index (χ4n) is 5.79. The first kappa shape index (κ1) is 29.2. The van der Waals surface area contributed by atoms with Gasteiger partial charge in [-0.15, -0.1) is 0 Å². The van der Waals surface area contributed by atoms with Gasteiger partial charge < -0.3 is 5.11 Å². The first-order valence-electron chi connectivity index (χ1n) is 13.3. The molecule has 1 aromatic carbocycles. The molecule has 3 rings (SSSR count). The standard InChI is InChI=1S/C33H40O5/c1-20(2)12-11-13-22(5)25(34)18-24-19-33(17-16-21(3)4)30(37)26(28(35)23-14-9-8-10-15-23)29(36)27(31(33)38)32(24,6)7/h8-10,12,14-16,24,27,35H,5,11,13,17-19H2,1-4,6-7H3/b28-26+/t24-,27-,33+/m0/s1. The van der Waals surface area contributed by atoms with E-state index in [1.165, 1.54) is 5.57 Å². The highest BCUT2D eigenvalue weighted by molar-refractivity contribution is 6.39. The lowest BCUT2D eigenvalue weighted by molar-refractivity contribution is -0.163. The first-order valence-corrected chi connectivity index (χ1v) is 13.3. The maximum absolute atomic E-state index is 14.1. The van der Waals surface area contributed by atoms with Gasteiger partial charge in [0.25, 0.3) is 0 Å². The minimum absolute atomic E-state index is 0.0992. The van der Waals surface area contributed by atoms with Gasteiger partial charge in [0.05, 0.1) is 11.3 Å². The topological polar surface area (TPSA) is 88.5 Å². The monoisotopic (exact) mass is 516 g/mol. The Morgan fingerprint density at radius 2 is 1.63 bits per heavy atom. The maximum atomic E-state index is 14.1. The Balaban J connectivity index is 2.08. The number of hydrogen-bond acceptors (Lipinski definition) is 5. The third-order valence-electron chi connectivity index (χ3n) is 8.26. The zero-order valence-corrected chi connectivity index (χ0v) is 23.5. The Kier molecular flexibility index (Phi) is 8.60. The molecule has 2 bridgehead atoms. The molecule has 0 radical (unpaired) electrons. The van der Waals surface area contributed by atoms with Gasteiger partial charge in [-0.05, 0) is 70.3 Å². The quantitative estimate of drug-likeness (QED) is 0.126. The van der Waals surface area contributed by atoms with Gasteiger partial charge in [0.15, 0.2) is 23.1 Å². The summed E-state index contributed by atoms with van der Waals surface area (Å²) in [6, 6.07) is 8.46. The van der Waals surface area contributed by atoms with E-state index in [-0.39, 0.29) is 36.5 Å². The Labute approximate surface area is 226 Å². The van der Waals surface area contributed by atoms with Crippen molar-refractivity contribution in [2.75, 3.05) is 0 Å². The molecule has 5 heteroatoms. The summed E-state index contributed by atoms with van der Waals surface area (Å²) in [5.41, 5.74) is 0.290. The predicted molar refractivity (Wildman–Crippen MR) is 150 cm³/mol. The van der Waals surface area contributed by atoms with Crippen molar-refractivity contribution in [1.29, 1.82) is 0 Å². The normalized spacial score (nSPS) is 25.5. The lowest BCUT2D eigenvalue weighted by Crippen LogP contribution is -2.63. The highest BCUT2D eigenvalue weighted by Gasteiger charge is 2.66. The number of benzene rings is 1. The summed E-state index contributed by atoms with van der Waals surface area (Å²) in [5.74, 6) is -3.69. The Bertz CT molecular complexity index is 1250. The van der Waals surface area contributed by atoms with Crippen molar-refractivity contribution in [1.82, 2.24) is 0 Å². The number of ketones is 4. The Morgan fingerprint density at radius 3 is 2.21 bits per heavy atom. The number of carbonyl (C=O) groups is 4. The molecule has 0 amide bonds. The van der Waals surface area contributed by atoms with Crippen LogP contribution in [0.3, 0.4) is 0 Å². The number of aliphatic hydroxyl groups is 1. The second-order valence-corrected chi connectivity index (χ2v) is 11.9. The van der Waals surface area contributed by atoms with Gasteiger partial charge in [-0.3, -0.25) is 19.2 Å². The van der Waals surface area contributed by atoms with Crippen LogP contribution in [0.1, 0.15) is 79.2 Å². The largest absolute Gasteiger partial charge is 0.506 e. The van der Waals surface area contributed by atoms with Crippen LogP contribution in [0.25, 0.3) is 5.76 Å². The highest BCUT2D eigenvalue weighted by atomic mass is 16.3. The van der Waals surface area contributed by atoms with Crippen LogP contribution in [0.15, 0.2) is 71.4 Å². The van der Waals surface area contributed by atoms with Gasteiger partial charge in [-0.1, -0.05) is 74.1 Å². The Hall–Kier alpha value is -3.34. The molecule has 0 aromatic heterocycles. The van der Waals surface area contributed by atoms with Crippen molar-refractivity contribution in [2.45, 2.75) is 73.6 Å². The molecule has 0 aliphatic heterocycles. The van der Waals surface area contributed by atoms with Crippen LogP contribution in [-0.2, 0) is 19.2 Å². The smallest absolute Gasteiger partial charge is 0.184 e. The van der Waals surface area contributed by atoms with Crippen molar-refractivity contribution in [3.8, 4) is 0 Å². The van der Waals surface area contributed by atoms with Crippen molar-refractivity contribution in [3.05, 3.63) is 76.9 Å². The first-order chi connectivity index (χ1) is 17.7. The van der Waals surface area contributed by atoms with E-state index in [2.05, 4.69) is 12.7 Å². The average Bonchev–Trinajstić information content (AvgIpc) is 2.84. The molecule has 0 spiro atoms. The van der Waals surface area contributed by atoms with Crippen molar-refractivity contribution < 1.29 is 24.3 Å². The van der Waals surface area contributed by atoms with Crippen molar-refractivity contribution in [2.24, 2.45) is 22.7 Å². The second-order valence-electron chi connectivity index (χ2n) is 11.9. The third kappa shape index (κ3) is 5.43. The van der Waals surface area contributed by atoms with Gasteiger partial charge in [0, 0.05) is 12.0 Å². The number of rotatable bonds is 9. The zero-order chi connectivity index (χ0) is 28.4. The number of aliphatic hydroxyl groups excluding tert-OH is 1. The number of carbonyl (C=O) groups excluding carboxylic acids is 4. The van der Waals surface area contributed by atoms with Crippen LogP contribution in [0.2, 0.25) is 0 Å². The fraction of sp³-hybridized carbons (Fsp3) is 0.455. The summed E-state index contributed by atoms with van der Waals surface area (Å²) in [6.45, 7) is 15.4. The molecule has 0 unspecified atom stereocenters. The summed E-state index contributed by atoms with van der Waals surface area (Å²) in [6.07, 6.45) is 5.55. The molecule has 0 saturated heterocycles.